The molecule has 4 heteroatoms. The van der Waals surface area contributed by atoms with E-state index in [2.05, 4.69) is 82.1 Å². The zero-order chi connectivity index (χ0) is 43.9. The molecule has 0 radical (unpaired) electrons. The van der Waals surface area contributed by atoms with Gasteiger partial charge in [0.05, 0.1) is 45.8 Å². The van der Waals surface area contributed by atoms with Crippen LogP contribution in [0.4, 0.5) is 5.69 Å². The molecule has 4 saturated carbocycles. The highest BCUT2D eigenvalue weighted by atomic mass is 14.9. The lowest BCUT2D eigenvalue weighted by Gasteiger charge is -2.37. The highest BCUT2D eigenvalue weighted by Gasteiger charge is 2.45. The Labute approximate surface area is 388 Å². The number of hydrogen-bond donors (Lipinski definition) is 0. The van der Waals surface area contributed by atoms with Crippen LogP contribution in [0.5, 0.6) is 0 Å². The van der Waals surface area contributed by atoms with E-state index in [9.17, 15) is 5.26 Å². The van der Waals surface area contributed by atoms with E-state index in [1.807, 2.05) is 0 Å². The normalized spacial score (nSPS) is 21.9. The molecule has 15 rings (SSSR count). The summed E-state index contributed by atoms with van der Waals surface area (Å²) in [4.78, 5) is 4.35. The van der Waals surface area contributed by atoms with E-state index in [1.165, 1.54) is 227 Å². The van der Waals surface area contributed by atoms with Crippen molar-refractivity contribution in [2.45, 2.75) is 179 Å². The van der Waals surface area contributed by atoms with Crippen molar-refractivity contribution in [1.29, 1.82) is 5.26 Å². The fraction of sp³-hybridized carbons (Fsp3) is 0.484. The Morgan fingerprint density at radius 1 is 0.485 bits per heavy atom. The fourth-order valence-corrected chi connectivity index (χ4v) is 17.5. The van der Waals surface area contributed by atoms with Gasteiger partial charge in [-0.2, -0.15) is 5.26 Å². The summed E-state index contributed by atoms with van der Waals surface area (Å²) in [6, 6.07) is 23.2. The number of nitriles is 1. The molecule has 4 aromatic heterocycles. The third-order valence-electron chi connectivity index (χ3n) is 20.9. The molecule has 4 heterocycles. The van der Waals surface area contributed by atoms with E-state index in [1.54, 1.807) is 11.1 Å². The van der Waals surface area contributed by atoms with Gasteiger partial charge in [0.2, 0.25) is 0 Å². The molecule has 5 aromatic carbocycles. The smallest absolute Gasteiger partial charge is 0.192 e. The Kier molecular flexibility index (Phi) is 7.76. The average Bonchev–Trinajstić information content (AvgIpc) is 4.25. The molecule has 0 saturated heterocycles. The van der Waals surface area contributed by atoms with Crippen molar-refractivity contribution < 1.29 is 0 Å². The second kappa shape index (κ2) is 13.2. The molecule has 330 valence electrons. The predicted octanol–water partition coefficient (Wildman–Crippen LogP) is 17.0. The van der Waals surface area contributed by atoms with Gasteiger partial charge in [0.25, 0.3) is 0 Å². The van der Waals surface area contributed by atoms with Gasteiger partial charge in [0, 0.05) is 48.6 Å². The summed E-state index contributed by atoms with van der Waals surface area (Å²) >= 11 is 0. The van der Waals surface area contributed by atoms with E-state index in [4.69, 9.17) is 6.57 Å². The largest absolute Gasteiger partial charge is 0.309 e. The van der Waals surface area contributed by atoms with E-state index < -0.39 is 0 Å². The molecule has 2 spiro atoms. The zero-order valence-electron chi connectivity index (χ0n) is 39.4. The molecule has 0 bridgehead atoms. The maximum Gasteiger partial charge on any atom is 0.192 e. The minimum atomic E-state index is 0.191. The third kappa shape index (κ3) is 4.75. The first-order chi connectivity index (χ1) is 32.3. The minimum Gasteiger partial charge on any atom is -0.309 e. The molecule has 0 atom stereocenters. The number of benzene rings is 5. The van der Waals surface area contributed by atoms with Gasteiger partial charge in [-0.3, -0.25) is 0 Å². The van der Waals surface area contributed by atoms with Crippen molar-refractivity contribution >= 4 is 81.9 Å². The number of fused-ring (bicyclic) bond motifs is 16. The quantitative estimate of drug-likeness (QED) is 0.162. The standard InChI is InChI=1S/C62H62N4/c1-4-61(20-8-6-9-21-61)38-25-42-40-30-52-41(29-51(40)65-53-24-37(36-63)46-32-59(16-12-13-17-59)34-48(46)55(53)44(27-38)57(42)65)43-26-39(62(5-2)22-10-7-11-23-62)28-45-56-49-35-60(18-14-15-19-60)33-47(49)50(64-3)31-54(56)66(52)58(43)45/h24-31H,4-23,32-35H2,1-2H3. The highest BCUT2D eigenvalue weighted by molar-refractivity contribution is 6.30. The van der Waals surface area contributed by atoms with Crippen LogP contribution in [0.25, 0.3) is 81.0 Å². The molecule has 9 aromatic rings. The molecule has 0 unspecified atom stereocenters. The molecule has 0 N–H and O–H groups in total. The molecular weight excluding hydrogens is 801 g/mol. The van der Waals surface area contributed by atoms with Crippen LogP contribution in [0.1, 0.15) is 181 Å². The molecule has 6 aliphatic rings. The van der Waals surface area contributed by atoms with Crippen molar-refractivity contribution in [2.24, 2.45) is 10.8 Å². The van der Waals surface area contributed by atoms with Crippen LogP contribution in [0.2, 0.25) is 0 Å². The Morgan fingerprint density at radius 3 is 1.38 bits per heavy atom. The first-order valence-corrected chi connectivity index (χ1v) is 26.7. The van der Waals surface area contributed by atoms with Crippen molar-refractivity contribution in [3.05, 3.63) is 98.9 Å². The van der Waals surface area contributed by atoms with Crippen molar-refractivity contribution in [3.63, 3.8) is 0 Å². The summed E-state index contributed by atoms with van der Waals surface area (Å²) < 4.78 is 5.27. The summed E-state index contributed by atoms with van der Waals surface area (Å²) in [5.41, 5.74) is 19.4. The summed E-state index contributed by atoms with van der Waals surface area (Å²) in [6.07, 6.45) is 30.2. The molecule has 0 aliphatic heterocycles. The monoisotopic (exact) mass is 862 g/mol. The molecule has 6 aliphatic carbocycles. The maximum absolute atomic E-state index is 10.9. The second-order valence-electron chi connectivity index (χ2n) is 23.7. The third-order valence-corrected chi connectivity index (χ3v) is 20.9. The van der Waals surface area contributed by atoms with E-state index in [0.29, 0.717) is 10.8 Å². The van der Waals surface area contributed by atoms with E-state index >= 15 is 0 Å². The van der Waals surface area contributed by atoms with Gasteiger partial charge in [0.15, 0.2) is 5.69 Å². The van der Waals surface area contributed by atoms with E-state index in [0.717, 1.165) is 36.9 Å². The Balaban J connectivity index is 1.10. The van der Waals surface area contributed by atoms with Gasteiger partial charge < -0.3 is 8.80 Å². The predicted molar refractivity (Wildman–Crippen MR) is 273 cm³/mol. The first-order valence-electron chi connectivity index (χ1n) is 26.7. The van der Waals surface area contributed by atoms with Gasteiger partial charge in [-0.05, 0) is 193 Å². The molecule has 4 nitrogen and oxygen atoms in total. The van der Waals surface area contributed by atoms with Crippen LogP contribution >= 0.6 is 0 Å². The summed E-state index contributed by atoms with van der Waals surface area (Å²) in [5.74, 6) is 0. The van der Waals surface area contributed by atoms with Crippen LogP contribution in [-0.2, 0) is 36.5 Å². The lowest BCUT2D eigenvalue weighted by atomic mass is 9.67. The van der Waals surface area contributed by atoms with Crippen molar-refractivity contribution in [2.75, 3.05) is 0 Å². The van der Waals surface area contributed by atoms with Crippen molar-refractivity contribution in [3.8, 4) is 6.07 Å². The summed E-state index contributed by atoms with van der Waals surface area (Å²) in [7, 11) is 0. The average molecular weight is 863 g/mol. The number of nitrogens with zero attached hydrogens (tertiary/aromatic N) is 4. The van der Waals surface area contributed by atoms with Crippen LogP contribution in [0.3, 0.4) is 0 Å². The Hall–Kier alpha value is -5.32. The molecule has 66 heavy (non-hydrogen) atoms. The van der Waals surface area contributed by atoms with Gasteiger partial charge >= 0.3 is 0 Å². The van der Waals surface area contributed by atoms with Crippen LogP contribution in [0, 0.1) is 28.7 Å². The van der Waals surface area contributed by atoms with E-state index in [-0.39, 0.29) is 10.8 Å². The van der Waals surface area contributed by atoms with Gasteiger partial charge in [-0.1, -0.05) is 78.1 Å². The van der Waals surface area contributed by atoms with Crippen LogP contribution < -0.4 is 0 Å². The highest BCUT2D eigenvalue weighted by Crippen LogP contribution is 2.58. The van der Waals surface area contributed by atoms with Crippen LogP contribution in [0.15, 0.2) is 48.5 Å². The number of hydrogen-bond acceptors (Lipinski definition) is 1. The second-order valence-corrected chi connectivity index (χ2v) is 23.7. The SMILES string of the molecule is [C-]#[N+]c1cc2c(c3c1CC1(CCCC1)C3)c1cc(C3(CC)CCCCC3)cc3c4cc5c(cc4n2c31)c1cc(C2(CC)CCCCC2)cc2c3c4c(c(C#N)cc3n5c12)CC1(CCCC1)C4. The van der Waals surface area contributed by atoms with Gasteiger partial charge in [-0.25, -0.2) is 4.85 Å². The fourth-order valence-electron chi connectivity index (χ4n) is 17.5. The molecular formula is C62H62N4. The Morgan fingerprint density at radius 2 is 0.909 bits per heavy atom. The topological polar surface area (TPSA) is 37.0 Å². The summed E-state index contributed by atoms with van der Waals surface area (Å²) in [6.45, 7) is 13.5. The van der Waals surface area contributed by atoms with Gasteiger partial charge in [-0.15, -0.1) is 0 Å². The van der Waals surface area contributed by atoms with Gasteiger partial charge in [0.1, 0.15) is 0 Å². The zero-order valence-corrected chi connectivity index (χ0v) is 39.4. The maximum atomic E-state index is 10.9. The summed E-state index contributed by atoms with van der Waals surface area (Å²) in [5, 5.41) is 22.2. The van der Waals surface area contributed by atoms with Crippen molar-refractivity contribution in [1.82, 2.24) is 8.80 Å². The van der Waals surface area contributed by atoms with Crippen LogP contribution in [-0.4, -0.2) is 8.80 Å². The lowest BCUT2D eigenvalue weighted by Crippen LogP contribution is -2.28. The molecule has 4 fully saturated rings. The number of aromatic nitrogens is 2. The first kappa shape index (κ1) is 38.8. The lowest BCUT2D eigenvalue weighted by molar-refractivity contribution is 0.284. The Bertz CT molecular complexity index is 3420. The number of rotatable bonds is 4. The molecule has 0 amide bonds. The minimum absolute atomic E-state index is 0.191.